The van der Waals surface area contributed by atoms with E-state index >= 15 is 0 Å². The summed E-state index contributed by atoms with van der Waals surface area (Å²) in [6, 6.07) is 6.13. The van der Waals surface area contributed by atoms with Gasteiger partial charge in [-0.2, -0.15) is 29.5 Å². The molecule has 4 aromatic heterocycles. The van der Waals surface area contributed by atoms with Gasteiger partial charge in [0.2, 0.25) is 11.9 Å². The van der Waals surface area contributed by atoms with Gasteiger partial charge in [0.05, 0.1) is 45.9 Å². The van der Waals surface area contributed by atoms with Gasteiger partial charge in [0.15, 0.2) is 11.6 Å². The number of aromatic amines is 1. The third-order valence-corrected chi connectivity index (χ3v) is 5.59. The standard InChI is InChI=1S/C23H12ClF4N9/c24-15-3-12(34-20(18-9-33-37-36-18)10-1-16(25)22(27)31-6-10)2-14-19(11(5-29)7-30-21(14)15)35-13-4-17(26)23(28)32-8-13/h1-4,6-9,20,34H,(H,30,35)(H,33,36,37). The lowest BCUT2D eigenvalue weighted by Crippen LogP contribution is -2.14. The van der Waals surface area contributed by atoms with Crippen LogP contribution in [0.15, 0.2) is 49.1 Å². The maximum absolute atomic E-state index is 14.0. The van der Waals surface area contributed by atoms with Gasteiger partial charge < -0.3 is 10.6 Å². The number of anilines is 3. The number of halogens is 5. The van der Waals surface area contributed by atoms with Crippen molar-refractivity contribution in [2.75, 3.05) is 10.6 Å². The monoisotopic (exact) mass is 525 g/mol. The lowest BCUT2D eigenvalue weighted by Gasteiger charge is -2.20. The SMILES string of the molecule is N#Cc1cnc2c(Cl)cc(NC(c3cnc(F)c(F)c3)c3cn[nH]n3)cc2c1Nc1cnc(F)c(F)c1. The Morgan fingerprint density at radius 2 is 1.65 bits per heavy atom. The van der Waals surface area contributed by atoms with E-state index in [9.17, 15) is 22.8 Å². The van der Waals surface area contributed by atoms with Crippen LogP contribution in [0.5, 0.6) is 0 Å². The lowest BCUT2D eigenvalue weighted by atomic mass is 10.0. The van der Waals surface area contributed by atoms with Gasteiger partial charge in [-0.25, -0.2) is 18.7 Å². The zero-order chi connectivity index (χ0) is 26.1. The first-order valence-electron chi connectivity index (χ1n) is 10.4. The second-order valence-corrected chi connectivity index (χ2v) is 8.06. The first kappa shape index (κ1) is 23.9. The lowest BCUT2D eigenvalue weighted by molar-refractivity contribution is 0.476. The van der Waals surface area contributed by atoms with Crippen molar-refractivity contribution in [1.82, 2.24) is 30.4 Å². The molecule has 0 saturated heterocycles. The largest absolute Gasteiger partial charge is 0.373 e. The van der Waals surface area contributed by atoms with E-state index in [0.717, 1.165) is 24.5 Å². The minimum absolute atomic E-state index is 0.0747. The molecule has 0 aliphatic rings. The van der Waals surface area contributed by atoms with Crippen LogP contribution in [0.2, 0.25) is 5.02 Å². The summed E-state index contributed by atoms with van der Waals surface area (Å²) in [6.07, 6.45) is 4.88. The highest BCUT2D eigenvalue weighted by molar-refractivity contribution is 6.36. The summed E-state index contributed by atoms with van der Waals surface area (Å²) in [7, 11) is 0. The van der Waals surface area contributed by atoms with Crippen molar-refractivity contribution < 1.29 is 17.6 Å². The molecule has 3 N–H and O–H groups in total. The molecule has 0 radical (unpaired) electrons. The highest BCUT2D eigenvalue weighted by Crippen LogP contribution is 2.36. The molecule has 184 valence electrons. The Kier molecular flexibility index (Phi) is 6.24. The van der Waals surface area contributed by atoms with Crippen molar-refractivity contribution in [3.05, 3.63) is 94.4 Å². The second kappa shape index (κ2) is 9.67. The molecule has 0 bridgehead atoms. The molecule has 9 nitrogen and oxygen atoms in total. The Morgan fingerprint density at radius 1 is 0.892 bits per heavy atom. The minimum Gasteiger partial charge on any atom is -0.373 e. The fourth-order valence-corrected chi connectivity index (χ4v) is 3.90. The number of hydrogen-bond acceptors (Lipinski definition) is 8. The number of benzene rings is 1. The van der Waals surface area contributed by atoms with Crippen LogP contribution in [0.3, 0.4) is 0 Å². The van der Waals surface area contributed by atoms with Crippen molar-refractivity contribution in [1.29, 1.82) is 5.26 Å². The quantitative estimate of drug-likeness (QED) is 0.205. The molecule has 1 unspecified atom stereocenters. The number of nitriles is 1. The highest BCUT2D eigenvalue weighted by atomic mass is 35.5. The third-order valence-electron chi connectivity index (χ3n) is 5.30. The van der Waals surface area contributed by atoms with Gasteiger partial charge in [-0.3, -0.25) is 4.98 Å². The van der Waals surface area contributed by atoms with Crippen LogP contribution in [0, 0.1) is 34.9 Å². The molecule has 5 aromatic rings. The first-order valence-corrected chi connectivity index (χ1v) is 10.8. The van der Waals surface area contributed by atoms with Gasteiger partial charge in [-0.05, 0) is 18.2 Å². The van der Waals surface area contributed by atoms with E-state index in [0.29, 0.717) is 22.3 Å². The topological polar surface area (TPSA) is 128 Å². The molecule has 5 rings (SSSR count). The predicted octanol–water partition coefficient (Wildman–Crippen LogP) is 5.17. The summed E-state index contributed by atoms with van der Waals surface area (Å²) < 4.78 is 54.5. The van der Waals surface area contributed by atoms with Crippen molar-refractivity contribution in [2.45, 2.75) is 6.04 Å². The van der Waals surface area contributed by atoms with Gasteiger partial charge in [-0.1, -0.05) is 11.6 Å². The molecule has 0 amide bonds. The number of fused-ring (bicyclic) bond motifs is 1. The Morgan fingerprint density at radius 3 is 2.32 bits per heavy atom. The zero-order valence-electron chi connectivity index (χ0n) is 18.3. The summed E-state index contributed by atoms with van der Waals surface area (Å²) >= 11 is 6.49. The van der Waals surface area contributed by atoms with E-state index in [1.54, 1.807) is 6.07 Å². The summed E-state index contributed by atoms with van der Waals surface area (Å²) in [4.78, 5) is 11.0. The smallest absolute Gasteiger partial charge is 0.249 e. The van der Waals surface area contributed by atoms with Gasteiger partial charge in [0.1, 0.15) is 11.8 Å². The predicted molar refractivity (Wildman–Crippen MR) is 125 cm³/mol. The Balaban J connectivity index is 1.62. The maximum atomic E-state index is 14.0. The molecule has 1 atom stereocenters. The Hall–Kier alpha value is -4.83. The van der Waals surface area contributed by atoms with Crippen molar-refractivity contribution >= 4 is 39.6 Å². The van der Waals surface area contributed by atoms with Crippen LogP contribution in [0.25, 0.3) is 10.9 Å². The van der Waals surface area contributed by atoms with Gasteiger partial charge in [0.25, 0.3) is 0 Å². The molecule has 0 aliphatic carbocycles. The zero-order valence-corrected chi connectivity index (χ0v) is 19.0. The fourth-order valence-electron chi connectivity index (χ4n) is 3.63. The summed E-state index contributed by atoms with van der Waals surface area (Å²) in [5.41, 5.74) is 1.61. The summed E-state index contributed by atoms with van der Waals surface area (Å²) in [5.74, 6) is -4.86. The van der Waals surface area contributed by atoms with Crippen molar-refractivity contribution in [3.63, 3.8) is 0 Å². The first-order chi connectivity index (χ1) is 17.8. The number of aromatic nitrogens is 6. The van der Waals surface area contributed by atoms with Crippen LogP contribution < -0.4 is 10.6 Å². The van der Waals surface area contributed by atoms with Gasteiger partial charge in [-0.15, -0.1) is 0 Å². The van der Waals surface area contributed by atoms with Crippen LogP contribution >= 0.6 is 11.6 Å². The van der Waals surface area contributed by atoms with Crippen LogP contribution in [0.1, 0.15) is 22.9 Å². The highest BCUT2D eigenvalue weighted by Gasteiger charge is 2.21. The molecule has 0 fully saturated rings. The molecule has 0 saturated carbocycles. The van der Waals surface area contributed by atoms with E-state index in [1.165, 1.54) is 18.5 Å². The molecule has 0 spiro atoms. The van der Waals surface area contributed by atoms with E-state index in [1.807, 2.05) is 6.07 Å². The van der Waals surface area contributed by atoms with Crippen LogP contribution in [-0.2, 0) is 0 Å². The molecular weight excluding hydrogens is 514 g/mol. The van der Waals surface area contributed by atoms with Crippen LogP contribution in [0.4, 0.5) is 34.6 Å². The maximum Gasteiger partial charge on any atom is 0.249 e. The van der Waals surface area contributed by atoms with E-state index in [4.69, 9.17) is 11.6 Å². The normalized spacial score (nSPS) is 11.8. The number of rotatable bonds is 6. The number of nitrogens with one attached hydrogen (secondary N) is 3. The molecule has 1 aromatic carbocycles. The minimum atomic E-state index is -1.27. The second-order valence-electron chi connectivity index (χ2n) is 7.65. The van der Waals surface area contributed by atoms with E-state index < -0.39 is 29.6 Å². The summed E-state index contributed by atoms with van der Waals surface area (Å²) in [5, 5.41) is 26.4. The molecule has 0 aliphatic heterocycles. The Bertz CT molecular complexity index is 1670. The van der Waals surface area contributed by atoms with Gasteiger partial charge in [0, 0.05) is 35.1 Å². The molecule has 14 heteroatoms. The number of H-pyrrole nitrogens is 1. The number of nitrogens with zero attached hydrogens (tertiary/aromatic N) is 6. The Labute approximate surface area is 210 Å². The molecular formula is C23H12ClF4N9. The fraction of sp³-hybridized carbons (Fsp3) is 0.0435. The molecule has 4 heterocycles. The number of pyridine rings is 3. The van der Waals surface area contributed by atoms with Gasteiger partial charge >= 0.3 is 0 Å². The molecule has 37 heavy (non-hydrogen) atoms. The van der Waals surface area contributed by atoms with Crippen LogP contribution in [-0.4, -0.2) is 30.4 Å². The van der Waals surface area contributed by atoms with Crippen molar-refractivity contribution in [3.8, 4) is 6.07 Å². The average Bonchev–Trinajstić information content (AvgIpc) is 3.42. The van der Waals surface area contributed by atoms with Crippen molar-refractivity contribution in [2.24, 2.45) is 0 Å². The third kappa shape index (κ3) is 4.69. The average molecular weight is 526 g/mol. The number of hydrogen-bond donors (Lipinski definition) is 3. The summed E-state index contributed by atoms with van der Waals surface area (Å²) in [6.45, 7) is 0. The van der Waals surface area contributed by atoms with E-state index in [-0.39, 0.29) is 27.5 Å². The van der Waals surface area contributed by atoms with E-state index in [2.05, 4.69) is 41.0 Å².